The molecule has 0 fully saturated rings. The molecule has 8 nitrogen and oxygen atoms in total. The van der Waals surface area contributed by atoms with Crippen molar-refractivity contribution in [3.63, 3.8) is 0 Å². The number of esters is 1. The van der Waals surface area contributed by atoms with E-state index in [0.717, 1.165) is 29.1 Å². The average molecular weight is 400 g/mol. The van der Waals surface area contributed by atoms with Gasteiger partial charge in [0.2, 0.25) is 0 Å². The quantitative estimate of drug-likeness (QED) is 0.727. The molecule has 0 aliphatic carbocycles. The van der Waals surface area contributed by atoms with Gasteiger partial charge in [0.05, 0.1) is 26.2 Å². The second-order valence-electron chi connectivity index (χ2n) is 7.22. The maximum absolute atomic E-state index is 13.2. The Bertz CT molecular complexity index is 849. The fourth-order valence-electron chi connectivity index (χ4n) is 3.63. The summed E-state index contributed by atoms with van der Waals surface area (Å²) in [7, 11) is 2.95. The number of imidazole rings is 1. The molecule has 0 saturated heterocycles. The van der Waals surface area contributed by atoms with Crippen molar-refractivity contribution in [2.75, 3.05) is 20.8 Å². The molecule has 29 heavy (non-hydrogen) atoms. The van der Waals surface area contributed by atoms with Crippen LogP contribution in [0.5, 0.6) is 5.75 Å². The molecule has 1 aromatic carbocycles. The minimum Gasteiger partial charge on any atom is -0.497 e. The van der Waals surface area contributed by atoms with E-state index in [4.69, 9.17) is 9.47 Å². The molecule has 0 saturated carbocycles. The van der Waals surface area contributed by atoms with Gasteiger partial charge < -0.3 is 24.7 Å². The lowest BCUT2D eigenvalue weighted by Crippen LogP contribution is -2.53. The van der Waals surface area contributed by atoms with Crippen molar-refractivity contribution in [3.8, 4) is 5.75 Å². The number of urea groups is 1. The normalized spacial score (nSPS) is 17.8. The first-order valence-electron chi connectivity index (χ1n) is 9.81. The van der Waals surface area contributed by atoms with Crippen LogP contribution in [0.3, 0.4) is 0 Å². The minimum absolute atomic E-state index is 0.0448. The van der Waals surface area contributed by atoms with Gasteiger partial charge in [0.1, 0.15) is 17.8 Å². The Balaban J connectivity index is 1.91. The average Bonchev–Trinajstić information content (AvgIpc) is 3.24. The lowest BCUT2D eigenvalue weighted by molar-refractivity contribution is -0.144. The highest BCUT2D eigenvalue weighted by molar-refractivity contribution is 5.84. The number of nitrogens with zero attached hydrogens (tertiary/aromatic N) is 2. The van der Waals surface area contributed by atoms with E-state index in [-0.39, 0.29) is 18.0 Å². The summed E-state index contributed by atoms with van der Waals surface area (Å²) in [4.78, 5) is 34.8. The summed E-state index contributed by atoms with van der Waals surface area (Å²) in [5, 5.41) is 2.88. The number of fused-ring (bicyclic) bond motifs is 1. The van der Waals surface area contributed by atoms with E-state index in [2.05, 4.69) is 15.3 Å². The number of aromatic amines is 1. The maximum Gasteiger partial charge on any atom is 0.328 e. The van der Waals surface area contributed by atoms with Crippen molar-refractivity contribution in [3.05, 3.63) is 47.5 Å². The zero-order valence-corrected chi connectivity index (χ0v) is 17.3. The van der Waals surface area contributed by atoms with Crippen LogP contribution >= 0.6 is 0 Å². The molecular weight excluding hydrogens is 372 g/mol. The lowest BCUT2D eigenvalue weighted by Gasteiger charge is -2.36. The van der Waals surface area contributed by atoms with E-state index in [1.807, 2.05) is 38.1 Å². The molecule has 0 bridgehead atoms. The van der Waals surface area contributed by atoms with Crippen LogP contribution in [0.2, 0.25) is 0 Å². The number of aromatic nitrogens is 2. The van der Waals surface area contributed by atoms with E-state index in [0.29, 0.717) is 13.0 Å². The van der Waals surface area contributed by atoms with Gasteiger partial charge in [0.25, 0.3) is 0 Å². The number of hydrogen-bond donors (Lipinski definition) is 2. The Labute approximate surface area is 170 Å². The van der Waals surface area contributed by atoms with Crippen molar-refractivity contribution >= 4 is 12.0 Å². The van der Waals surface area contributed by atoms with Gasteiger partial charge >= 0.3 is 12.0 Å². The lowest BCUT2D eigenvalue weighted by atomic mass is 9.95. The van der Waals surface area contributed by atoms with Crippen molar-refractivity contribution in [1.29, 1.82) is 0 Å². The second kappa shape index (κ2) is 8.98. The van der Waals surface area contributed by atoms with Gasteiger partial charge in [-0.2, -0.15) is 0 Å². The van der Waals surface area contributed by atoms with E-state index in [1.165, 1.54) is 7.11 Å². The number of hydrogen-bond acceptors (Lipinski definition) is 5. The summed E-state index contributed by atoms with van der Waals surface area (Å²) in [5.41, 5.74) is 2.75. The number of rotatable bonds is 6. The summed E-state index contributed by atoms with van der Waals surface area (Å²) in [6.07, 6.45) is 3.06. The third-order valence-corrected chi connectivity index (χ3v) is 5.56. The number of methoxy groups -OCH3 is 2. The molecular formula is C21H28N4O4. The Hall–Kier alpha value is -3.03. The first kappa shape index (κ1) is 20.7. The monoisotopic (exact) mass is 400 g/mol. The van der Waals surface area contributed by atoms with Crippen molar-refractivity contribution in [2.45, 2.75) is 38.8 Å². The van der Waals surface area contributed by atoms with Gasteiger partial charge in [0.15, 0.2) is 0 Å². The Morgan fingerprint density at radius 3 is 2.66 bits per heavy atom. The fourth-order valence-corrected chi connectivity index (χ4v) is 3.63. The smallest absolute Gasteiger partial charge is 0.328 e. The highest BCUT2D eigenvalue weighted by Gasteiger charge is 2.36. The zero-order chi connectivity index (χ0) is 21.0. The largest absolute Gasteiger partial charge is 0.497 e. The van der Waals surface area contributed by atoms with Crippen LogP contribution in [0.4, 0.5) is 4.79 Å². The summed E-state index contributed by atoms with van der Waals surface area (Å²) in [6, 6.07) is 6.22. The molecule has 2 amide bonds. The molecule has 2 N–H and O–H groups in total. The topological polar surface area (TPSA) is 96.5 Å². The number of ether oxygens (including phenoxy) is 2. The minimum atomic E-state index is -0.699. The van der Waals surface area contributed by atoms with Crippen LogP contribution in [0.15, 0.2) is 30.6 Å². The molecule has 0 spiro atoms. The van der Waals surface area contributed by atoms with Crippen LogP contribution in [-0.4, -0.2) is 53.7 Å². The van der Waals surface area contributed by atoms with Crippen LogP contribution in [0.25, 0.3) is 0 Å². The molecule has 0 radical (unpaired) electrons. The molecule has 1 aliphatic rings. The second-order valence-corrected chi connectivity index (χ2v) is 7.22. The van der Waals surface area contributed by atoms with Crippen molar-refractivity contribution in [1.82, 2.24) is 20.2 Å². The number of benzene rings is 1. The highest BCUT2D eigenvalue weighted by Crippen LogP contribution is 2.34. The number of nitrogens with one attached hydrogen (secondary N) is 2. The van der Waals surface area contributed by atoms with Gasteiger partial charge in [-0.1, -0.05) is 32.4 Å². The number of amides is 2. The Morgan fingerprint density at radius 2 is 2.03 bits per heavy atom. The molecule has 3 unspecified atom stereocenters. The van der Waals surface area contributed by atoms with Gasteiger partial charge in [-0.25, -0.2) is 14.6 Å². The van der Waals surface area contributed by atoms with Gasteiger partial charge in [-0.15, -0.1) is 0 Å². The first-order valence-corrected chi connectivity index (χ1v) is 9.81. The molecule has 156 valence electrons. The first-order chi connectivity index (χ1) is 14.0. The third-order valence-electron chi connectivity index (χ3n) is 5.56. The zero-order valence-electron chi connectivity index (χ0n) is 17.3. The van der Waals surface area contributed by atoms with Crippen molar-refractivity contribution in [2.24, 2.45) is 5.92 Å². The maximum atomic E-state index is 13.2. The van der Waals surface area contributed by atoms with Gasteiger partial charge in [-0.05, 0) is 23.6 Å². The predicted molar refractivity (Wildman–Crippen MR) is 108 cm³/mol. The van der Waals surface area contributed by atoms with E-state index in [1.54, 1.807) is 18.3 Å². The van der Waals surface area contributed by atoms with Crippen LogP contribution in [-0.2, 0) is 16.0 Å². The standard InChI is InChI=1S/C21H28N4O4/c1-5-13(2)17(20(26)29-4)24-21(27)25-11-10-16-18(23-12-22-16)19(25)14-6-8-15(28-3)9-7-14/h6-9,12-13,17,19H,5,10-11H2,1-4H3,(H,22,23)(H,24,27). The van der Waals surface area contributed by atoms with E-state index >= 15 is 0 Å². The summed E-state index contributed by atoms with van der Waals surface area (Å²) < 4.78 is 10.2. The number of carbonyl (C=O) groups is 2. The third kappa shape index (κ3) is 4.21. The molecule has 1 aromatic heterocycles. The summed E-state index contributed by atoms with van der Waals surface area (Å²) in [5.74, 6) is 0.257. The van der Waals surface area contributed by atoms with E-state index in [9.17, 15) is 9.59 Å². The molecule has 3 atom stereocenters. The Morgan fingerprint density at radius 1 is 1.31 bits per heavy atom. The van der Waals surface area contributed by atoms with Crippen molar-refractivity contribution < 1.29 is 19.1 Å². The van der Waals surface area contributed by atoms with Crippen LogP contribution in [0, 0.1) is 5.92 Å². The van der Waals surface area contributed by atoms with E-state index < -0.39 is 12.0 Å². The van der Waals surface area contributed by atoms with Gasteiger partial charge in [0, 0.05) is 18.7 Å². The SMILES string of the molecule is CCC(C)C(NC(=O)N1CCc2[nH]cnc2C1c1ccc(OC)cc1)C(=O)OC. The van der Waals surface area contributed by atoms with Crippen LogP contribution < -0.4 is 10.1 Å². The Kier molecular flexibility index (Phi) is 6.41. The number of carbonyl (C=O) groups excluding carboxylic acids is 2. The highest BCUT2D eigenvalue weighted by atomic mass is 16.5. The fraction of sp³-hybridized carbons (Fsp3) is 0.476. The summed E-state index contributed by atoms with van der Waals surface area (Å²) >= 11 is 0. The molecule has 8 heteroatoms. The molecule has 1 aliphatic heterocycles. The van der Waals surface area contributed by atoms with Gasteiger partial charge in [-0.3, -0.25) is 0 Å². The summed E-state index contributed by atoms with van der Waals surface area (Å²) in [6.45, 7) is 4.40. The van der Waals surface area contributed by atoms with Crippen LogP contribution in [0.1, 0.15) is 43.3 Å². The molecule has 2 aromatic rings. The molecule has 3 rings (SSSR count). The number of H-pyrrole nitrogens is 1. The molecule has 2 heterocycles. The predicted octanol–water partition coefficient (Wildman–Crippen LogP) is 2.66.